The molecule has 14 aromatic rings. The predicted octanol–water partition coefficient (Wildman–Crippen LogP) is 16.3. The van der Waals surface area contributed by atoms with Crippen molar-refractivity contribution in [2.45, 2.75) is 0 Å². The molecule has 4 aromatic heterocycles. The maximum atomic E-state index is 9.16. The highest BCUT2D eigenvalue weighted by Gasteiger charge is 2.23. The topological polar surface area (TPSA) is 61.7 Å². The van der Waals surface area contributed by atoms with Crippen molar-refractivity contribution >= 4 is 65.6 Å². The summed E-state index contributed by atoms with van der Waals surface area (Å²) in [7, 11) is 0. The molecule has 0 aliphatic rings. The average molecular weight is 887 g/mol. The molecule has 0 bridgehead atoms. The Morgan fingerprint density at radius 3 is 1.55 bits per heavy atom. The summed E-state index contributed by atoms with van der Waals surface area (Å²) in [5.74, 6) is 0.372. The summed E-state index contributed by atoms with van der Waals surface area (Å²) in [4.78, 5) is 15.4. The number of hydrogen-bond acceptors (Lipinski definition) is 4. The van der Waals surface area contributed by atoms with Gasteiger partial charge in [0.25, 0.3) is 0 Å². The highest BCUT2D eigenvalue weighted by atomic mass is 16.3. The predicted molar refractivity (Wildman–Crippen MR) is 283 cm³/mol. The Morgan fingerprint density at radius 2 is 0.855 bits per heavy atom. The lowest BCUT2D eigenvalue weighted by molar-refractivity contribution is 0.669. The molecule has 0 spiro atoms. The quantitative estimate of drug-likeness (QED) is 0.160. The second-order valence-corrected chi connectivity index (χ2v) is 17.2. The Balaban J connectivity index is 1.06. The molecule has 0 N–H and O–H groups in total. The lowest BCUT2D eigenvalue weighted by Crippen LogP contribution is -2.02. The summed E-state index contributed by atoms with van der Waals surface area (Å²) in [5.41, 5.74) is 12.2. The van der Waals surface area contributed by atoms with Crippen molar-refractivity contribution in [3.05, 3.63) is 236 Å². The molecule has 0 aliphatic heterocycles. The molecule has 4 heterocycles. The summed E-state index contributed by atoms with van der Waals surface area (Å²) in [6.07, 6.45) is 0. The lowest BCUT2D eigenvalue weighted by atomic mass is 9.98. The fraction of sp³-hybridized carbons (Fsp3) is 0. The first kappa shape index (κ1) is 34.0. The third-order valence-corrected chi connectivity index (χ3v) is 13.2. The van der Waals surface area contributed by atoms with E-state index >= 15 is 0 Å². The molecule has 14 rings (SSSR count). The van der Waals surface area contributed by atoms with Crippen LogP contribution in [0.4, 0.5) is 0 Å². The molecule has 0 saturated carbocycles. The summed E-state index contributed by atoms with van der Waals surface area (Å²) >= 11 is 0. The number of hydrogen-bond donors (Lipinski definition) is 0. The van der Waals surface area contributed by atoms with Crippen molar-refractivity contribution in [3.63, 3.8) is 0 Å². The van der Waals surface area contributed by atoms with Crippen molar-refractivity contribution < 1.29 is 11.3 Å². The SMILES string of the molecule is [2H]c1c([2H])c([2H])c(-c2nc(-c3ccc4c5ccccc5n(-c5ccccc5)c4c3)nc(-c3cc(-n4c5ccccc5c5ccccc54)cc4c3oc3cc(-c5cccc(-c6ccccc6)c5)ccc34)n2)c([2H])c1[2H]. The first-order valence-electron chi connectivity index (χ1n) is 25.3. The summed E-state index contributed by atoms with van der Waals surface area (Å²) in [6, 6.07) is 68.1. The number of nitrogens with zero attached hydrogens (tertiary/aromatic N) is 5. The maximum Gasteiger partial charge on any atom is 0.167 e. The van der Waals surface area contributed by atoms with Crippen LogP contribution in [0.1, 0.15) is 6.85 Å². The summed E-state index contributed by atoms with van der Waals surface area (Å²) in [6.45, 7) is 0. The first-order valence-corrected chi connectivity index (χ1v) is 22.8. The number of aromatic nitrogens is 5. The van der Waals surface area contributed by atoms with Gasteiger partial charge in [-0.2, -0.15) is 0 Å². The summed E-state index contributed by atoms with van der Waals surface area (Å²) in [5, 5.41) is 6.00. The van der Waals surface area contributed by atoms with Crippen molar-refractivity contribution in [1.82, 2.24) is 24.1 Å². The first-order chi connectivity index (χ1) is 36.3. The van der Waals surface area contributed by atoms with E-state index in [1.165, 1.54) is 0 Å². The van der Waals surface area contributed by atoms with E-state index in [9.17, 15) is 0 Å². The normalized spacial score (nSPS) is 12.8. The van der Waals surface area contributed by atoms with Gasteiger partial charge in [0.1, 0.15) is 11.2 Å². The van der Waals surface area contributed by atoms with Gasteiger partial charge in [0.05, 0.1) is 34.5 Å². The van der Waals surface area contributed by atoms with Gasteiger partial charge in [-0.15, -0.1) is 0 Å². The minimum atomic E-state index is -0.508. The van der Waals surface area contributed by atoms with E-state index in [0.29, 0.717) is 22.3 Å². The van der Waals surface area contributed by atoms with Crippen LogP contribution < -0.4 is 0 Å². The molecule has 10 aromatic carbocycles. The van der Waals surface area contributed by atoms with Crippen LogP contribution in [-0.2, 0) is 0 Å². The smallest absolute Gasteiger partial charge is 0.167 e. The Labute approximate surface area is 403 Å². The Bertz CT molecular complexity index is 4540. The van der Waals surface area contributed by atoms with Gasteiger partial charge in [0, 0.05) is 54.8 Å². The van der Waals surface area contributed by atoms with E-state index in [-0.39, 0.29) is 23.0 Å². The van der Waals surface area contributed by atoms with Crippen LogP contribution in [0.2, 0.25) is 0 Å². The van der Waals surface area contributed by atoms with E-state index in [4.69, 9.17) is 26.2 Å². The molecule has 0 aliphatic carbocycles. The monoisotopic (exact) mass is 886 g/mol. The fourth-order valence-corrected chi connectivity index (χ4v) is 10.1. The second-order valence-electron chi connectivity index (χ2n) is 17.2. The van der Waals surface area contributed by atoms with Gasteiger partial charge in [-0.1, -0.05) is 170 Å². The molecule has 322 valence electrons. The number of benzene rings is 10. The molecule has 0 radical (unpaired) electrons. The van der Waals surface area contributed by atoms with Gasteiger partial charge in [0.2, 0.25) is 0 Å². The summed E-state index contributed by atoms with van der Waals surface area (Å²) < 4.78 is 55.7. The number of rotatable bonds is 7. The minimum Gasteiger partial charge on any atom is -0.455 e. The van der Waals surface area contributed by atoms with Gasteiger partial charge in [-0.25, -0.2) is 15.0 Å². The highest BCUT2D eigenvalue weighted by Crippen LogP contribution is 2.42. The zero-order chi connectivity index (χ0) is 49.8. The van der Waals surface area contributed by atoms with E-state index in [1.54, 1.807) is 0 Å². The molecule has 6 nitrogen and oxygen atoms in total. The number of para-hydroxylation sites is 4. The third kappa shape index (κ3) is 6.38. The van der Waals surface area contributed by atoms with E-state index in [2.05, 4.69) is 124 Å². The molecule has 0 atom stereocenters. The Morgan fingerprint density at radius 1 is 0.333 bits per heavy atom. The lowest BCUT2D eigenvalue weighted by Gasteiger charge is -2.13. The van der Waals surface area contributed by atoms with Gasteiger partial charge in [-0.3, -0.25) is 0 Å². The Kier molecular flexibility index (Phi) is 7.69. The van der Waals surface area contributed by atoms with Crippen LogP contribution in [0.15, 0.2) is 241 Å². The molecule has 0 amide bonds. The maximum absolute atomic E-state index is 9.16. The van der Waals surface area contributed by atoms with E-state index < -0.39 is 30.2 Å². The van der Waals surface area contributed by atoms with E-state index in [0.717, 1.165) is 88.0 Å². The molecule has 6 heteroatoms. The second kappa shape index (κ2) is 15.6. The van der Waals surface area contributed by atoms with Gasteiger partial charge in [0.15, 0.2) is 17.5 Å². The standard InChI is InChI=1S/C63H39N5O/c1-4-17-40(18-5-1)42-21-16-22-43(35-42)44-31-34-52-53-38-47(68-56-29-14-10-25-48(56)49-26-11-15-30-57(49)68)39-54(60(53)69-59(52)37-44)63-65-61(41-19-6-2-7-20-41)64-62(66-63)45-32-33-51-50-27-12-13-28-55(50)67(58(51)36-45)46-23-8-3-9-24-46/h1-39H/i2D,6D,7D,19D,20D. The van der Waals surface area contributed by atoms with Gasteiger partial charge < -0.3 is 13.6 Å². The van der Waals surface area contributed by atoms with Crippen LogP contribution in [-0.4, -0.2) is 24.1 Å². The molecular weight excluding hydrogens is 843 g/mol. The highest BCUT2D eigenvalue weighted by molar-refractivity contribution is 6.14. The fourth-order valence-electron chi connectivity index (χ4n) is 10.1. The van der Waals surface area contributed by atoms with E-state index in [1.807, 2.05) is 91.0 Å². The van der Waals surface area contributed by atoms with Gasteiger partial charge in [-0.05, 0) is 89.0 Å². The van der Waals surface area contributed by atoms with Gasteiger partial charge >= 0.3 is 0 Å². The number of fused-ring (bicyclic) bond motifs is 9. The van der Waals surface area contributed by atoms with Crippen LogP contribution in [0, 0.1) is 0 Å². The molecule has 0 saturated heterocycles. The molecular formula is C63H39N5O. The minimum absolute atomic E-state index is 0.0715. The van der Waals surface area contributed by atoms with Crippen LogP contribution in [0.3, 0.4) is 0 Å². The number of furan rings is 1. The third-order valence-electron chi connectivity index (χ3n) is 13.2. The Hall–Kier alpha value is -9.39. The van der Waals surface area contributed by atoms with Crippen molar-refractivity contribution in [1.29, 1.82) is 0 Å². The van der Waals surface area contributed by atoms with Crippen molar-refractivity contribution in [2.24, 2.45) is 0 Å². The van der Waals surface area contributed by atoms with Crippen molar-refractivity contribution in [2.75, 3.05) is 0 Å². The average Bonchev–Trinajstić information content (AvgIpc) is 4.16. The zero-order valence-electron chi connectivity index (χ0n) is 41.8. The largest absolute Gasteiger partial charge is 0.455 e. The zero-order valence-corrected chi connectivity index (χ0v) is 36.8. The van der Waals surface area contributed by atoms with Crippen molar-refractivity contribution in [3.8, 4) is 67.8 Å². The van der Waals surface area contributed by atoms with Crippen LogP contribution >= 0.6 is 0 Å². The molecule has 0 fully saturated rings. The molecule has 69 heavy (non-hydrogen) atoms. The van der Waals surface area contributed by atoms with Crippen LogP contribution in [0.25, 0.3) is 133 Å². The molecule has 0 unspecified atom stereocenters. The van der Waals surface area contributed by atoms with Crippen LogP contribution in [0.5, 0.6) is 0 Å².